The number of rotatable bonds is 9. The Balaban J connectivity index is 1.44. The first-order chi connectivity index (χ1) is 18.6. The highest BCUT2D eigenvalue weighted by Crippen LogP contribution is 2.30. The second-order valence-electron chi connectivity index (χ2n) is 9.64. The molecule has 1 aliphatic heterocycles. The summed E-state index contributed by atoms with van der Waals surface area (Å²) in [6.07, 6.45) is 1.16. The second-order valence-corrected chi connectivity index (χ2v) is 9.64. The van der Waals surface area contributed by atoms with E-state index in [2.05, 4.69) is 23.1 Å². The van der Waals surface area contributed by atoms with Crippen molar-refractivity contribution in [3.63, 3.8) is 0 Å². The van der Waals surface area contributed by atoms with Gasteiger partial charge in [0, 0.05) is 48.8 Å². The Hall–Kier alpha value is -4.07. The van der Waals surface area contributed by atoms with Gasteiger partial charge in [0.25, 0.3) is 0 Å². The molecule has 0 aliphatic carbocycles. The molecule has 5 nitrogen and oxygen atoms in total. The minimum atomic E-state index is -2.70. The Bertz CT molecular complexity index is 1380. The maximum Gasteiger partial charge on any atom is 0.320 e. The Morgan fingerprint density at radius 3 is 2.38 bits per heavy atom. The van der Waals surface area contributed by atoms with E-state index in [-0.39, 0.29) is 17.7 Å². The van der Waals surface area contributed by atoms with E-state index in [1.54, 1.807) is 37.3 Å². The largest absolute Gasteiger partial charge is 0.474 e. The van der Waals surface area contributed by atoms with E-state index in [0.29, 0.717) is 60.2 Å². The predicted molar refractivity (Wildman–Crippen MR) is 150 cm³/mol. The second kappa shape index (κ2) is 12.2. The van der Waals surface area contributed by atoms with Crippen molar-refractivity contribution in [1.29, 1.82) is 0 Å². The zero-order chi connectivity index (χ0) is 28.1. The molecule has 0 N–H and O–H groups in total. The van der Waals surface area contributed by atoms with Crippen LogP contribution in [0, 0.1) is 19.7 Å². The summed E-state index contributed by atoms with van der Waals surface area (Å²) in [7, 11) is 0. The molecule has 0 radical (unpaired) electrons. The number of ether oxygens (including phenoxy) is 1. The summed E-state index contributed by atoms with van der Waals surface area (Å²) < 4.78 is 48.1. The van der Waals surface area contributed by atoms with Gasteiger partial charge in [0.2, 0.25) is 5.88 Å². The number of para-hydroxylation sites is 1. The number of nitrogens with zero attached hydrogens (tertiary/aromatic N) is 4. The summed E-state index contributed by atoms with van der Waals surface area (Å²) in [4.78, 5) is 12.0. The summed E-state index contributed by atoms with van der Waals surface area (Å²) >= 11 is 0. The van der Waals surface area contributed by atoms with Crippen molar-refractivity contribution in [3.05, 3.63) is 114 Å². The highest BCUT2D eigenvalue weighted by atomic mass is 19.3. The molecule has 4 rings (SSSR count). The normalized spacial score (nSPS) is 14.4. The van der Waals surface area contributed by atoms with Crippen LogP contribution in [0.3, 0.4) is 0 Å². The molecule has 204 valence electrons. The van der Waals surface area contributed by atoms with Gasteiger partial charge >= 0.3 is 6.55 Å². The number of aromatic nitrogens is 1. The van der Waals surface area contributed by atoms with Crippen LogP contribution in [-0.4, -0.2) is 41.3 Å². The zero-order valence-electron chi connectivity index (χ0n) is 22.5. The van der Waals surface area contributed by atoms with Gasteiger partial charge in [0.1, 0.15) is 17.7 Å². The van der Waals surface area contributed by atoms with Gasteiger partial charge in [-0.15, -0.1) is 0 Å². The molecule has 0 bridgehead atoms. The SMILES string of the molecule is C=C(C)N=C(c1cccc(F)c1)c1ccc(OC2CCN(C(=C)N(c3ccccc3C)C(F)F)CC2)nc1C. The fraction of sp³-hybridized carbons (Fsp3) is 0.290. The molecule has 1 aromatic heterocycles. The molecule has 1 saturated heterocycles. The molecule has 0 spiro atoms. The van der Waals surface area contributed by atoms with Gasteiger partial charge in [-0.1, -0.05) is 43.5 Å². The number of benzene rings is 2. The number of likely N-dealkylation sites (tertiary alicyclic amines) is 1. The van der Waals surface area contributed by atoms with Crippen molar-refractivity contribution in [1.82, 2.24) is 9.88 Å². The van der Waals surface area contributed by atoms with Crippen LogP contribution in [0.5, 0.6) is 5.88 Å². The quantitative estimate of drug-likeness (QED) is 0.214. The molecule has 0 amide bonds. The number of aryl methyl sites for hydroxylation is 2. The maximum absolute atomic E-state index is 14.0. The van der Waals surface area contributed by atoms with Crippen LogP contribution in [-0.2, 0) is 0 Å². The Morgan fingerprint density at radius 2 is 1.77 bits per heavy atom. The molecule has 2 heterocycles. The minimum Gasteiger partial charge on any atom is -0.474 e. The number of piperidine rings is 1. The van der Waals surface area contributed by atoms with Crippen molar-refractivity contribution >= 4 is 11.4 Å². The van der Waals surface area contributed by atoms with E-state index in [9.17, 15) is 13.2 Å². The molecule has 0 atom stereocenters. The van der Waals surface area contributed by atoms with Gasteiger partial charge in [0.05, 0.1) is 17.1 Å². The smallest absolute Gasteiger partial charge is 0.320 e. The van der Waals surface area contributed by atoms with Crippen LogP contribution in [0.25, 0.3) is 0 Å². The van der Waals surface area contributed by atoms with E-state index >= 15 is 0 Å². The number of anilines is 1. The zero-order valence-corrected chi connectivity index (χ0v) is 22.5. The van der Waals surface area contributed by atoms with Crippen LogP contribution in [0.2, 0.25) is 0 Å². The van der Waals surface area contributed by atoms with Gasteiger partial charge < -0.3 is 9.64 Å². The first-order valence-corrected chi connectivity index (χ1v) is 12.9. The monoisotopic (exact) mass is 534 g/mol. The standard InChI is InChI=1S/C31H33F3N4O/c1-20(2)35-30(24-10-8-11-25(32)19-24)27-13-14-29(36-22(27)4)39-26-15-17-37(18-16-26)23(5)38(31(33)34)28-12-7-6-9-21(28)3/h6-14,19,26,31H,1,5,15-18H2,2-4H3. The summed E-state index contributed by atoms with van der Waals surface area (Å²) in [6, 6.07) is 17.0. The molecule has 1 aliphatic rings. The van der Waals surface area contributed by atoms with Gasteiger partial charge in [-0.25, -0.2) is 9.37 Å². The molecule has 0 saturated carbocycles. The molecule has 8 heteroatoms. The number of hydrogen-bond acceptors (Lipinski definition) is 5. The number of alkyl halides is 2. The average molecular weight is 535 g/mol. The highest BCUT2D eigenvalue weighted by Gasteiger charge is 2.29. The summed E-state index contributed by atoms with van der Waals surface area (Å²) in [6.45, 7) is 11.7. The Kier molecular flexibility index (Phi) is 8.74. The third kappa shape index (κ3) is 6.69. The van der Waals surface area contributed by atoms with Crippen LogP contribution in [0.15, 0.2) is 90.3 Å². The fourth-order valence-corrected chi connectivity index (χ4v) is 4.71. The van der Waals surface area contributed by atoms with Crippen LogP contribution in [0.4, 0.5) is 18.9 Å². The first kappa shape index (κ1) is 28.0. The molecular weight excluding hydrogens is 501 g/mol. The third-order valence-electron chi connectivity index (χ3n) is 6.66. The summed E-state index contributed by atoms with van der Waals surface area (Å²) in [5.74, 6) is 0.395. The predicted octanol–water partition coefficient (Wildman–Crippen LogP) is 7.25. The van der Waals surface area contributed by atoms with Crippen molar-refractivity contribution in [2.75, 3.05) is 18.0 Å². The lowest BCUT2D eigenvalue weighted by Crippen LogP contribution is -2.44. The first-order valence-electron chi connectivity index (χ1n) is 12.9. The third-order valence-corrected chi connectivity index (χ3v) is 6.66. The van der Waals surface area contributed by atoms with E-state index in [4.69, 9.17) is 4.74 Å². The van der Waals surface area contributed by atoms with E-state index in [1.807, 2.05) is 36.9 Å². The van der Waals surface area contributed by atoms with Crippen LogP contribution >= 0.6 is 0 Å². The Morgan fingerprint density at radius 1 is 1.05 bits per heavy atom. The summed E-state index contributed by atoms with van der Waals surface area (Å²) in [5.41, 5.74) is 4.46. The van der Waals surface area contributed by atoms with Crippen molar-refractivity contribution in [2.24, 2.45) is 4.99 Å². The lowest BCUT2D eigenvalue weighted by molar-refractivity contribution is 0.0980. The molecule has 39 heavy (non-hydrogen) atoms. The molecule has 0 unspecified atom stereocenters. The van der Waals surface area contributed by atoms with E-state index in [0.717, 1.165) is 16.0 Å². The highest BCUT2D eigenvalue weighted by molar-refractivity contribution is 6.14. The molecule has 1 fully saturated rings. The van der Waals surface area contributed by atoms with Crippen LogP contribution in [0.1, 0.15) is 42.1 Å². The Labute approximate surface area is 228 Å². The molecular formula is C31H33F3N4O. The summed E-state index contributed by atoms with van der Waals surface area (Å²) in [5, 5.41) is 0. The lowest BCUT2D eigenvalue weighted by atomic mass is 10.0. The van der Waals surface area contributed by atoms with E-state index < -0.39 is 6.55 Å². The number of hydrogen-bond donors (Lipinski definition) is 0. The lowest BCUT2D eigenvalue weighted by Gasteiger charge is -2.39. The number of pyridine rings is 1. The average Bonchev–Trinajstić information content (AvgIpc) is 2.89. The topological polar surface area (TPSA) is 41.0 Å². The number of allylic oxidation sites excluding steroid dienone is 1. The van der Waals surface area contributed by atoms with Gasteiger partial charge in [0.15, 0.2) is 0 Å². The molecule has 2 aromatic carbocycles. The maximum atomic E-state index is 14.0. The number of halogens is 3. The molecule has 3 aromatic rings. The van der Waals surface area contributed by atoms with Crippen LogP contribution < -0.4 is 9.64 Å². The van der Waals surface area contributed by atoms with Gasteiger partial charge in [-0.05, 0) is 50.6 Å². The van der Waals surface area contributed by atoms with Crippen molar-refractivity contribution in [2.45, 2.75) is 46.3 Å². The van der Waals surface area contributed by atoms with E-state index in [1.165, 1.54) is 12.1 Å². The van der Waals surface area contributed by atoms with Gasteiger partial charge in [-0.2, -0.15) is 8.78 Å². The van der Waals surface area contributed by atoms with Crippen molar-refractivity contribution in [3.8, 4) is 5.88 Å². The van der Waals surface area contributed by atoms with Crippen molar-refractivity contribution < 1.29 is 17.9 Å². The minimum absolute atomic E-state index is 0.114. The number of aliphatic imine (C=N–C) groups is 1. The fourth-order valence-electron chi connectivity index (χ4n) is 4.71. The van der Waals surface area contributed by atoms with Gasteiger partial charge in [-0.3, -0.25) is 9.89 Å².